The summed E-state index contributed by atoms with van der Waals surface area (Å²) < 4.78 is 0.883. The van der Waals surface area contributed by atoms with Crippen LogP contribution in [0.3, 0.4) is 0 Å². The van der Waals surface area contributed by atoms with E-state index in [9.17, 15) is 4.79 Å². The van der Waals surface area contributed by atoms with Gasteiger partial charge in [-0.05, 0) is 6.92 Å². The average molecular weight is 331 g/mol. The summed E-state index contributed by atoms with van der Waals surface area (Å²) in [6, 6.07) is 12.0. The van der Waals surface area contributed by atoms with Gasteiger partial charge in [-0.1, -0.05) is 42.1 Å². The monoisotopic (exact) mass is 331 g/mol. The third kappa shape index (κ3) is 4.33. The van der Waals surface area contributed by atoms with Crippen molar-refractivity contribution >= 4 is 29.0 Å². The quantitative estimate of drug-likeness (QED) is 0.758. The fourth-order valence-corrected chi connectivity index (χ4v) is 3.98. The Labute approximate surface area is 138 Å². The first-order chi connectivity index (χ1) is 10.6. The lowest BCUT2D eigenvalue weighted by atomic mass is 10.2. The second-order valence-corrected chi connectivity index (χ2v) is 7.24. The van der Waals surface area contributed by atoms with Crippen molar-refractivity contribution in [2.24, 2.45) is 0 Å². The molecule has 1 aromatic carbocycles. The topological polar surface area (TPSA) is 57.0 Å². The van der Waals surface area contributed by atoms with Crippen LogP contribution >= 0.6 is 23.1 Å². The van der Waals surface area contributed by atoms with Crippen LogP contribution in [-0.4, -0.2) is 34.6 Å². The Kier molecular flexibility index (Phi) is 5.99. The van der Waals surface area contributed by atoms with Gasteiger partial charge in [0.1, 0.15) is 0 Å². The van der Waals surface area contributed by atoms with Crippen LogP contribution < -0.4 is 0 Å². The first kappa shape index (κ1) is 16.5. The maximum Gasteiger partial charge on any atom is 0.235 e. The predicted molar refractivity (Wildman–Crippen MR) is 90.7 cm³/mol. The van der Waals surface area contributed by atoms with Crippen LogP contribution in [0.5, 0.6) is 0 Å². The first-order valence-electron chi connectivity index (χ1n) is 6.91. The lowest BCUT2D eigenvalue weighted by Gasteiger charge is -2.19. The van der Waals surface area contributed by atoms with Crippen molar-refractivity contribution in [2.75, 3.05) is 13.6 Å². The largest absolute Gasteiger partial charge is 0.344 e. The van der Waals surface area contributed by atoms with Gasteiger partial charge >= 0.3 is 0 Å². The summed E-state index contributed by atoms with van der Waals surface area (Å²) >= 11 is 3.01. The zero-order valence-electron chi connectivity index (χ0n) is 12.5. The van der Waals surface area contributed by atoms with Crippen LogP contribution in [0, 0.1) is 11.3 Å². The minimum absolute atomic E-state index is 0.0247. The van der Waals surface area contributed by atoms with Crippen molar-refractivity contribution in [1.82, 2.24) is 9.88 Å². The van der Waals surface area contributed by atoms with Gasteiger partial charge < -0.3 is 4.90 Å². The number of rotatable bonds is 6. The number of thiazole rings is 1. The number of nitriles is 1. The number of hydrogen-bond donors (Lipinski definition) is 0. The fraction of sp³-hybridized carbons (Fsp3) is 0.312. The number of amides is 1. The summed E-state index contributed by atoms with van der Waals surface area (Å²) in [7, 11) is 1.73. The minimum Gasteiger partial charge on any atom is -0.344 e. The van der Waals surface area contributed by atoms with E-state index in [1.807, 2.05) is 42.6 Å². The van der Waals surface area contributed by atoms with Crippen molar-refractivity contribution in [3.05, 3.63) is 35.7 Å². The Bertz CT molecular complexity index is 664. The standard InChI is InChI=1S/C16H17N3OS2/c1-12(15(20)19(2)10-6-9-17)22-16-18-14(11-21-16)13-7-4-3-5-8-13/h3-5,7-8,11-12H,6,10H2,1-2H3/t12-/m1/s1. The molecule has 0 fully saturated rings. The van der Waals surface area contributed by atoms with Crippen LogP contribution in [0.2, 0.25) is 0 Å². The number of aromatic nitrogens is 1. The molecule has 0 saturated carbocycles. The molecule has 0 aliphatic heterocycles. The van der Waals surface area contributed by atoms with Gasteiger partial charge in [0.05, 0.1) is 23.4 Å². The molecule has 0 aliphatic carbocycles. The summed E-state index contributed by atoms with van der Waals surface area (Å²) in [6.45, 7) is 2.34. The molecule has 1 aromatic heterocycles. The SMILES string of the molecule is C[C@@H](Sc1nc(-c2ccccc2)cs1)C(=O)N(C)CCC#N. The van der Waals surface area contributed by atoms with Gasteiger partial charge in [0.15, 0.2) is 4.34 Å². The highest BCUT2D eigenvalue weighted by Gasteiger charge is 2.20. The molecule has 4 nitrogen and oxygen atoms in total. The van der Waals surface area contributed by atoms with E-state index in [-0.39, 0.29) is 11.2 Å². The third-order valence-corrected chi connectivity index (χ3v) is 5.17. The minimum atomic E-state index is -0.210. The Balaban J connectivity index is 1.98. The number of thioether (sulfide) groups is 1. The zero-order valence-corrected chi connectivity index (χ0v) is 14.2. The van der Waals surface area contributed by atoms with Crippen LogP contribution in [-0.2, 0) is 4.79 Å². The van der Waals surface area contributed by atoms with E-state index in [1.165, 1.54) is 11.8 Å². The molecule has 6 heteroatoms. The molecule has 0 bridgehead atoms. The Morgan fingerprint density at radius 3 is 2.86 bits per heavy atom. The van der Waals surface area contributed by atoms with Crippen molar-refractivity contribution in [3.63, 3.8) is 0 Å². The highest BCUT2D eigenvalue weighted by molar-refractivity contribution is 8.02. The molecule has 2 rings (SSSR count). The Morgan fingerprint density at radius 2 is 2.18 bits per heavy atom. The maximum absolute atomic E-state index is 12.2. The molecule has 0 spiro atoms. The molecule has 0 aliphatic rings. The Morgan fingerprint density at radius 1 is 1.45 bits per heavy atom. The second kappa shape index (κ2) is 7.97. The molecule has 0 N–H and O–H groups in total. The smallest absolute Gasteiger partial charge is 0.235 e. The fourth-order valence-electron chi connectivity index (χ4n) is 1.89. The van der Waals surface area contributed by atoms with Gasteiger partial charge in [-0.25, -0.2) is 4.98 Å². The number of hydrogen-bond acceptors (Lipinski definition) is 5. The summed E-state index contributed by atoms with van der Waals surface area (Å²) in [4.78, 5) is 18.4. The lowest BCUT2D eigenvalue weighted by Crippen LogP contribution is -2.33. The van der Waals surface area contributed by atoms with Gasteiger partial charge in [0.2, 0.25) is 5.91 Å². The molecular weight excluding hydrogens is 314 g/mol. The first-order valence-corrected chi connectivity index (χ1v) is 8.67. The van der Waals surface area contributed by atoms with E-state index in [0.717, 1.165) is 15.6 Å². The highest BCUT2D eigenvalue weighted by atomic mass is 32.2. The predicted octanol–water partition coefficient (Wildman–Crippen LogP) is 3.66. The summed E-state index contributed by atoms with van der Waals surface area (Å²) in [6.07, 6.45) is 0.356. The molecule has 0 radical (unpaired) electrons. The van der Waals surface area contributed by atoms with Crippen LogP contribution in [0.15, 0.2) is 40.1 Å². The van der Waals surface area contributed by atoms with E-state index in [1.54, 1.807) is 23.3 Å². The molecule has 2 aromatic rings. The molecule has 114 valence electrons. The van der Waals surface area contributed by atoms with E-state index >= 15 is 0 Å². The van der Waals surface area contributed by atoms with Gasteiger partial charge in [-0.15, -0.1) is 11.3 Å². The van der Waals surface area contributed by atoms with Gasteiger partial charge in [-0.2, -0.15) is 5.26 Å². The lowest BCUT2D eigenvalue weighted by molar-refractivity contribution is -0.128. The maximum atomic E-state index is 12.2. The summed E-state index contributed by atoms with van der Waals surface area (Å²) in [5.41, 5.74) is 2.02. The number of benzene rings is 1. The average Bonchev–Trinajstić information content (AvgIpc) is 3.01. The molecule has 0 saturated heterocycles. The van der Waals surface area contributed by atoms with Crippen molar-refractivity contribution in [1.29, 1.82) is 5.26 Å². The molecule has 22 heavy (non-hydrogen) atoms. The molecular formula is C16H17N3OS2. The van der Waals surface area contributed by atoms with E-state index in [2.05, 4.69) is 11.1 Å². The van der Waals surface area contributed by atoms with Crippen molar-refractivity contribution in [2.45, 2.75) is 22.9 Å². The number of carbonyl (C=O) groups excluding carboxylic acids is 1. The van der Waals surface area contributed by atoms with E-state index < -0.39 is 0 Å². The van der Waals surface area contributed by atoms with Gasteiger partial charge in [0, 0.05) is 24.5 Å². The van der Waals surface area contributed by atoms with Crippen molar-refractivity contribution in [3.8, 4) is 17.3 Å². The normalized spacial score (nSPS) is 11.7. The van der Waals surface area contributed by atoms with Gasteiger partial charge in [-0.3, -0.25) is 4.79 Å². The summed E-state index contributed by atoms with van der Waals surface area (Å²) in [5.74, 6) is 0.0247. The number of nitrogens with zero attached hydrogens (tertiary/aromatic N) is 3. The third-order valence-electron chi connectivity index (χ3n) is 3.11. The molecule has 1 atom stereocenters. The van der Waals surface area contributed by atoms with Crippen LogP contribution in [0.25, 0.3) is 11.3 Å². The molecule has 1 heterocycles. The Hall–Kier alpha value is -1.84. The van der Waals surface area contributed by atoms with E-state index in [0.29, 0.717) is 13.0 Å². The van der Waals surface area contributed by atoms with E-state index in [4.69, 9.17) is 5.26 Å². The van der Waals surface area contributed by atoms with Crippen LogP contribution in [0.1, 0.15) is 13.3 Å². The zero-order chi connectivity index (χ0) is 15.9. The molecule has 1 amide bonds. The number of carbonyl (C=O) groups is 1. The van der Waals surface area contributed by atoms with Gasteiger partial charge in [0.25, 0.3) is 0 Å². The molecule has 0 unspecified atom stereocenters. The van der Waals surface area contributed by atoms with Crippen molar-refractivity contribution < 1.29 is 4.79 Å². The summed E-state index contributed by atoms with van der Waals surface area (Å²) in [5, 5.41) is 10.4. The van der Waals surface area contributed by atoms with Crippen LogP contribution in [0.4, 0.5) is 0 Å². The second-order valence-electron chi connectivity index (χ2n) is 4.79. The highest BCUT2D eigenvalue weighted by Crippen LogP contribution is 2.31.